The Labute approximate surface area is 141 Å². The van der Waals surface area contributed by atoms with Gasteiger partial charge in [0.1, 0.15) is 0 Å². The highest BCUT2D eigenvalue weighted by Gasteiger charge is 2.11. The lowest BCUT2D eigenvalue weighted by atomic mass is 10.0. The number of benzene rings is 3. The van der Waals surface area contributed by atoms with E-state index in [-0.39, 0.29) is 11.7 Å². The second kappa shape index (κ2) is 6.92. The van der Waals surface area contributed by atoms with E-state index >= 15 is 0 Å². The van der Waals surface area contributed by atoms with E-state index in [4.69, 9.17) is 0 Å². The first kappa shape index (κ1) is 15.7. The van der Waals surface area contributed by atoms with Crippen molar-refractivity contribution in [3.8, 4) is 0 Å². The Bertz CT molecular complexity index is 868. The van der Waals surface area contributed by atoms with Gasteiger partial charge >= 0.3 is 0 Å². The second-order valence-electron chi connectivity index (χ2n) is 5.54. The molecular formula is C21H17NO2. The van der Waals surface area contributed by atoms with E-state index in [1.165, 1.54) is 0 Å². The average Bonchev–Trinajstić information content (AvgIpc) is 2.64. The molecule has 1 amide bonds. The molecule has 3 rings (SSSR count). The predicted molar refractivity (Wildman–Crippen MR) is 95.4 cm³/mol. The normalized spacial score (nSPS) is 10.2. The highest BCUT2D eigenvalue weighted by molar-refractivity contribution is 6.10. The van der Waals surface area contributed by atoms with Gasteiger partial charge in [-0.3, -0.25) is 9.59 Å². The van der Waals surface area contributed by atoms with E-state index in [0.717, 1.165) is 11.3 Å². The van der Waals surface area contributed by atoms with E-state index in [9.17, 15) is 9.59 Å². The van der Waals surface area contributed by atoms with Crippen LogP contribution in [-0.4, -0.2) is 11.7 Å². The van der Waals surface area contributed by atoms with Crippen LogP contribution >= 0.6 is 0 Å². The molecule has 3 heteroatoms. The molecular weight excluding hydrogens is 298 g/mol. The molecule has 3 aromatic carbocycles. The highest BCUT2D eigenvalue weighted by Crippen LogP contribution is 2.16. The smallest absolute Gasteiger partial charge is 0.255 e. The maximum Gasteiger partial charge on any atom is 0.255 e. The molecule has 1 N–H and O–H groups in total. The van der Waals surface area contributed by atoms with Gasteiger partial charge in [-0.15, -0.1) is 0 Å². The Balaban J connectivity index is 1.76. The molecule has 24 heavy (non-hydrogen) atoms. The zero-order chi connectivity index (χ0) is 16.9. The zero-order valence-corrected chi connectivity index (χ0v) is 13.3. The molecule has 0 aliphatic carbocycles. The van der Waals surface area contributed by atoms with Crippen molar-refractivity contribution >= 4 is 17.4 Å². The number of hydrogen-bond donors (Lipinski definition) is 1. The van der Waals surface area contributed by atoms with E-state index in [1.54, 1.807) is 36.4 Å². The van der Waals surface area contributed by atoms with Gasteiger partial charge in [0.2, 0.25) is 0 Å². The lowest BCUT2D eigenvalue weighted by Crippen LogP contribution is -2.13. The van der Waals surface area contributed by atoms with Gasteiger partial charge in [-0.25, -0.2) is 0 Å². The van der Waals surface area contributed by atoms with Gasteiger partial charge in [0.15, 0.2) is 5.78 Å². The molecule has 118 valence electrons. The van der Waals surface area contributed by atoms with Crippen molar-refractivity contribution in [2.75, 3.05) is 5.32 Å². The maximum absolute atomic E-state index is 12.4. The van der Waals surface area contributed by atoms with Crippen molar-refractivity contribution in [2.45, 2.75) is 6.92 Å². The lowest BCUT2D eigenvalue weighted by Gasteiger charge is -2.08. The Hall–Kier alpha value is -3.20. The fraction of sp³-hybridized carbons (Fsp3) is 0.0476. The van der Waals surface area contributed by atoms with Crippen LogP contribution in [0.1, 0.15) is 31.8 Å². The van der Waals surface area contributed by atoms with E-state index in [0.29, 0.717) is 16.7 Å². The van der Waals surface area contributed by atoms with Gasteiger partial charge in [0, 0.05) is 22.4 Å². The van der Waals surface area contributed by atoms with Crippen LogP contribution in [0.15, 0.2) is 78.9 Å². The first-order valence-corrected chi connectivity index (χ1v) is 7.72. The summed E-state index contributed by atoms with van der Waals surface area (Å²) in [5.74, 6) is -0.246. The Morgan fingerprint density at radius 3 is 1.88 bits per heavy atom. The van der Waals surface area contributed by atoms with Crippen LogP contribution in [0.3, 0.4) is 0 Å². The van der Waals surface area contributed by atoms with Gasteiger partial charge in [-0.1, -0.05) is 60.7 Å². The first-order chi connectivity index (χ1) is 11.6. The van der Waals surface area contributed by atoms with Gasteiger partial charge in [-0.05, 0) is 30.7 Å². The summed E-state index contributed by atoms with van der Waals surface area (Å²) in [6, 6.07) is 23.4. The number of hydrogen-bond acceptors (Lipinski definition) is 2. The molecule has 0 saturated carbocycles. The highest BCUT2D eigenvalue weighted by atomic mass is 16.1. The third kappa shape index (κ3) is 3.41. The standard InChI is InChI=1S/C21H17NO2/c1-15-7-5-6-10-19(15)22-21(24)18-13-11-17(12-14-18)20(23)16-8-3-2-4-9-16/h2-14H,1H3,(H,22,24). The summed E-state index contributed by atoms with van der Waals surface area (Å²) in [4.78, 5) is 24.7. The number of para-hydroxylation sites is 1. The Morgan fingerprint density at radius 1 is 0.667 bits per heavy atom. The minimum absolute atomic E-state index is 0.0542. The summed E-state index contributed by atoms with van der Waals surface area (Å²) in [6.07, 6.45) is 0. The quantitative estimate of drug-likeness (QED) is 0.722. The zero-order valence-electron chi connectivity index (χ0n) is 13.3. The SMILES string of the molecule is Cc1ccccc1NC(=O)c1ccc(C(=O)c2ccccc2)cc1. The molecule has 0 aliphatic heterocycles. The van der Waals surface area contributed by atoms with Crippen molar-refractivity contribution < 1.29 is 9.59 Å². The van der Waals surface area contributed by atoms with E-state index in [1.807, 2.05) is 49.4 Å². The Kier molecular flexibility index (Phi) is 4.52. The number of aryl methyl sites for hydroxylation is 1. The van der Waals surface area contributed by atoms with Gasteiger partial charge in [0.25, 0.3) is 5.91 Å². The first-order valence-electron chi connectivity index (χ1n) is 7.72. The largest absolute Gasteiger partial charge is 0.322 e. The fourth-order valence-corrected chi connectivity index (χ4v) is 2.44. The number of carbonyl (C=O) groups is 2. The van der Waals surface area contributed by atoms with Gasteiger partial charge < -0.3 is 5.32 Å². The van der Waals surface area contributed by atoms with Crippen LogP contribution in [0.4, 0.5) is 5.69 Å². The molecule has 0 atom stereocenters. The second-order valence-corrected chi connectivity index (χ2v) is 5.54. The summed E-state index contributed by atoms with van der Waals surface area (Å²) >= 11 is 0. The number of carbonyl (C=O) groups excluding carboxylic acids is 2. The molecule has 0 radical (unpaired) electrons. The van der Waals surface area contributed by atoms with Gasteiger partial charge in [0.05, 0.1) is 0 Å². The third-order valence-corrected chi connectivity index (χ3v) is 3.84. The topological polar surface area (TPSA) is 46.2 Å². The fourth-order valence-electron chi connectivity index (χ4n) is 2.44. The lowest BCUT2D eigenvalue weighted by molar-refractivity contribution is 0.102. The maximum atomic E-state index is 12.4. The molecule has 0 bridgehead atoms. The minimum atomic E-state index is -0.192. The van der Waals surface area contributed by atoms with Crippen LogP contribution in [0.5, 0.6) is 0 Å². The molecule has 0 heterocycles. The summed E-state index contributed by atoms with van der Waals surface area (Å²) in [7, 11) is 0. The molecule has 0 fully saturated rings. The van der Waals surface area contributed by atoms with E-state index in [2.05, 4.69) is 5.32 Å². The monoisotopic (exact) mass is 315 g/mol. The van der Waals surface area contributed by atoms with E-state index < -0.39 is 0 Å². The summed E-state index contributed by atoms with van der Waals surface area (Å²) in [5.41, 5.74) is 3.50. The number of rotatable bonds is 4. The molecule has 3 nitrogen and oxygen atoms in total. The van der Waals surface area contributed by atoms with Crippen LogP contribution < -0.4 is 5.32 Å². The molecule has 0 aromatic heterocycles. The minimum Gasteiger partial charge on any atom is -0.322 e. The van der Waals surface area contributed by atoms with Crippen molar-refractivity contribution in [3.05, 3.63) is 101 Å². The summed E-state index contributed by atoms with van der Waals surface area (Å²) in [6.45, 7) is 1.94. The third-order valence-electron chi connectivity index (χ3n) is 3.84. The van der Waals surface area contributed by atoms with Crippen LogP contribution in [-0.2, 0) is 0 Å². The van der Waals surface area contributed by atoms with Crippen molar-refractivity contribution in [2.24, 2.45) is 0 Å². The molecule has 0 saturated heterocycles. The molecule has 0 unspecified atom stereocenters. The van der Waals surface area contributed by atoms with Crippen LogP contribution in [0.2, 0.25) is 0 Å². The average molecular weight is 315 g/mol. The van der Waals surface area contributed by atoms with Gasteiger partial charge in [-0.2, -0.15) is 0 Å². The van der Waals surface area contributed by atoms with Crippen molar-refractivity contribution in [3.63, 3.8) is 0 Å². The van der Waals surface area contributed by atoms with Crippen molar-refractivity contribution in [1.29, 1.82) is 0 Å². The number of amides is 1. The number of nitrogens with one attached hydrogen (secondary N) is 1. The summed E-state index contributed by atoms with van der Waals surface area (Å²) in [5, 5.41) is 2.88. The van der Waals surface area contributed by atoms with Crippen LogP contribution in [0.25, 0.3) is 0 Å². The molecule has 0 spiro atoms. The molecule has 0 aliphatic rings. The molecule has 3 aromatic rings. The number of ketones is 1. The summed E-state index contributed by atoms with van der Waals surface area (Å²) < 4.78 is 0. The van der Waals surface area contributed by atoms with Crippen molar-refractivity contribution in [1.82, 2.24) is 0 Å². The Morgan fingerprint density at radius 2 is 1.21 bits per heavy atom. The van der Waals surface area contributed by atoms with Crippen LogP contribution in [0, 0.1) is 6.92 Å². The predicted octanol–water partition coefficient (Wildman–Crippen LogP) is 4.48. The number of anilines is 1.